The van der Waals surface area contributed by atoms with Crippen molar-refractivity contribution in [3.63, 3.8) is 0 Å². The van der Waals surface area contributed by atoms with E-state index in [4.69, 9.17) is 23.8 Å². The fraction of sp³-hybridized carbons (Fsp3) is 0.235. The first kappa shape index (κ1) is 15.8. The molecule has 0 bridgehead atoms. The van der Waals surface area contributed by atoms with Crippen LogP contribution in [0.5, 0.6) is 0 Å². The van der Waals surface area contributed by atoms with E-state index >= 15 is 0 Å². The maximum absolute atomic E-state index is 5.96. The van der Waals surface area contributed by atoms with Crippen LogP contribution in [0.15, 0.2) is 42.5 Å². The van der Waals surface area contributed by atoms with Gasteiger partial charge in [0.25, 0.3) is 0 Å². The second-order valence-electron chi connectivity index (χ2n) is 5.06. The largest absolute Gasteiger partial charge is 0.362 e. The molecular weight excluding hydrogens is 300 g/mol. The normalized spacial score (nSPS) is 10.2. The number of benzene rings is 2. The van der Waals surface area contributed by atoms with E-state index < -0.39 is 0 Å². The molecule has 0 amide bonds. The number of anilines is 1. The van der Waals surface area contributed by atoms with Crippen LogP contribution in [0.3, 0.4) is 0 Å². The predicted octanol–water partition coefficient (Wildman–Crippen LogP) is 4.49. The first-order valence-corrected chi connectivity index (χ1v) is 7.70. The Balaban J connectivity index is 1.81. The van der Waals surface area contributed by atoms with Gasteiger partial charge in [-0.05, 0) is 73.4 Å². The topological polar surface area (TPSA) is 24.1 Å². The van der Waals surface area contributed by atoms with Crippen molar-refractivity contribution in [2.45, 2.75) is 20.3 Å². The van der Waals surface area contributed by atoms with Crippen molar-refractivity contribution in [3.8, 4) is 0 Å². The van der Waals surface area contributed by atoms with E-state index in [1.54, 1.807) is 0 Å². The maximum Gasteiger partial charge on any atom is 0.170 e. The Hall–Kier alpha value is -1.58. The van der Waals surface area contributed by atoms with E-state index in [1.807, 2.05) is 24.3 Å². The fourth-order valence-corrected chi connectivity index (χ4v) is 2.44. The van der Waals surface area contributed by atoms with Crippen molar-refractivity contribution >= 4 is 34.6 Å². The summed E-state index contributed by atoms with van der Waals surface area (Å²) in [7, 11) is 0. The lowest BCUT2D eigenvalue weighted by molar-refractivity contribution is 0.873. The molecule has 0 aliphatic rings. The number of rotatable bonds is 4. The van der Waals surface area contributed by atoms with Crippen LogP contribution in [0.1, 0.15) is 16.7 Å². The molecule has 2 aromatic carbocycles. The molecule has 0 aromatic heterocycles. The molecule has 0 heterocycles. The van der Waals surface area contributed by atoms with Crippen molar-refractivity contribution < 1.29 is 0 Å². The first-order valence-electron chi connectivity index (χ1n) is 6.91. The van der Waals surface area contributed by atoms with Crippen molar-refractivity contribution in [2.24, 2.45) is 0 Å². The van der Waals surface area contributed by atoms with Gasteiger partial charge in [0.05, 0.1) is 0 Å². The van der Waals surface area contributed by atoms with Crippen molar-refractivity contribution in [3.05, 3.63) is 64.2 Å². The SMILES string of the molecule is Cc1ccc(NC(=S)NCCc2cccc(Cl)c2)cc1C. The number of hydrogen-bond acceptors (Lipinski definition) is 1. The van der Waals surface area contributed by atoms with Crippen LogP contribution >= 0.6 is 23.8 Å². The van der Waals surface area contributed by atoms with E-state index in [2.05, 4.69) is 42.7 Å². The molecule has 0 spiro atoms. The molecule has 0 saturated carbocycles. The molecular formula is C17H19ClN2S. The van der Waals surface area contributed by atoms with Gasteiger partial charge < -0.3 is 10.6 Å². The van der Waals surface area contributed by atoms with Crippen molar-refractivity contribution in [2.75, 3.05) is 11.9 Å². The van der Waals surface area contributed by atoms with Gasteiger partial charge in [-0.1, -0.05) is 29.8 Å². The lowest BCUT2D eigenvalue weighted by Gasteiger charge is -2.12. The van der Waals surface area contributed by atoms with Gasteiger partial charge in [-0.2, -0.15) is 0 Å². The number of hydrogen-bond donors (Lipinski definition) is 2. The second-order valence-corrected chi connectivity index (χ2v) is 5.90. The summed E-state index contributed by atoms with van der Waals surface area (Å²) in [6, 6.07) is 14.1. The predicted molar refractivity (Wildman–Crippen MR) is 95.3 cm³/mol. The molecule has 2 aromatic rings. The highest BCUT2D eigenvalue weighted by Gasteiger charge is 2.00. The highest BCUT2D eigenvalue weighted by Crippen LogP contribution is 2.14. The number of halogens is 1. The molecule has 0 unspecified atom stereocenters. The Bertz CT molecular complexity index is 640. The number of nitrogens with one attached hydrogen (secondary N) is 2. The Kier molecular flexibility index (Phi) is 5.59. The van der Waals surface area contributed by atoms with Crippen LogP contribution < -0.4 is 10.6 Å². The van der Waals surface area contributed by atoms with E-state index in [9.17, 15) is 0 Å². The highest BCUT2D eigenvalue weighted by atomic mass is 35.5. The zero-order chi connectivity index (χ0) is 15.2. The summed E-state index contributed by atoms with van der Waals surface area (Å²) in [5.74, 6) is 0. The minimum atomic E-state index is 0.639. The van der Waals surface area contributed by atoms with Crippen LogP contribution in [0, 0.1) is 13.8 Å². The molecule has 0 aliphatic heterocycles. The Morgan fingerprint density at radius 1 is 1.10 bits per heavy atom. The van der Waals surface area contributed by atoms with E-state index in [0.717, 1.165) is 23.7 Å². The minimum Gasteiger partial charge on any atom is -0.362 e. The summed E-state index contributed by atoms with van der Waals surface area (Å²) >= 11 is 11.3. The van der Waals surface area contributed by atoms with Crippen LogP contribution in [0.2, 0.25) is 5.02 Å². The van der Waals surface area contributed by atoms with Gasteiger partial charge in [-0.25, -0.2) is 0 Å². The lowest BCUT2D eigenvalue weighted by atomic mass is 10.1. The van der Waals surface area contributed by atoms with Crippen LogP contribution in [-0.2, 0) is 6.42 Å². The van der Waals surface area contributed by atoms with E-state index in [-0.39, 0.29) is 0 Å². The molecule has 0 atom stereocenters. The first-order chi connectivity index (χ1) is 10.0. The number of thiocarbonyl (C=S) groups is 1. The third-order valence-electron chi connectivity index (χ3n) is 3.35. The smallest absolute Gasteiger partial charge is 0.170 e. The minimum absolute atomic E-state index is 0.639. The maximum atomic E-state index is 5.96. The van der Waals surface area contributed by atoms with Gasteiger partial charge in [0.15, 0.2) is 5.11 Å². The summed E-state index contributed by atoms with van der Waals surface area (Å²) in [4.78, 5) is 0. The fourth-order valence-electron chi connectivity index (χ4n) is 2.01. The van der Waals surface area contributed by atoms with Gasteiger partial charge in [-0.15, -0.1) is 0 Å². The van der Waals surface area contributed by atoms with E-state index in [0.29, 0.717) is 5.11 Å². The molecule has 110 valence electrons. The van der Waals surface area contributed by atoms with Gasteiger partial charge in [-0.3, -0.25) is 0 Å². The summed E-state index contributed by atoms with van der Waals surface area (Å²) < 4.78 is 0. The standard InChI is InChI=1S/C17H19ClN2S/c1-12-6-7-16(10-13(12)2)20-17(21)19-9-8-14-4-3-5-15(18)11-14/h3-7,10-11H,8-9H2,1-2H3,(H2,19,20,21). The third-order valence-corrected chi connectivity index (χ3v) is 3.83. The molecule has 0 saturated heterocycles. The summed E-state index contributed by atoms with van der Waals surface area (Å²) in [5.41, 5.74) is 4.74. The lowest BCUT2D eigenvalue weighted by Crippen LogP contribution is -2.30. The van der Waals surface area contributed by atoms with Crippen LogP contribution in [0.4, 0.5) is 5.69 Å². The molecule has 0 aliphatic carbocycles. The van der Waals surface area contributed by atoms with Crippen LogP contribution in [-0.4, -0.2) is 11.7 Å². The highest BCUT2D eigenvalue weighted by molar-refractivity contribution is 7.80. The van der Waals surface area contributed by atoms with Crippen molar-refractivity contribution in [1.82, 2.24) is 5.32 Å². The zero-order valence-electron chi connectivity index (χ0n) is 12.2. The average molecular weight is 319 g/mol. The van der Waals surface area contributed by atoms with Gasteiger partial charge >= 0.3 is 0 Å². The second kappa shape index (κ2) is 7.43. The molecule has 0 radical (unpaired) electrons. The molecule has 0 fully saturated rings. The molecule has 2 rings (SSSR count). The van der Waals surface area contributed by atoms with Gasteiger partial charge in [0.2, 0.25) is 0 Å². The summed E-state index contributed by atoms with van der Waals surface area (Å²) in [5, 5.41) is 7.82. The number of aryl methyl sites for hydroxylation is 2. The summed E-state index contributed by atoms with van der Waals surface area (Å²) in [6.07, 6.45) is 0.884. The van der Waals surface area contributed by atoms with E-state index in [1.165, 1.54) is 16.7 Å². The summed E-state index contributed by atoms with van der Waals surface area (Å²) in [6.45, 7) is 4.97. The Morgan fingerprint density at radius 2 is 1.90 bits per heavy atom. The quantitative estimate of drug-likeness (QED) is 0.812. The molecule has 21 heavy (non-hydrogen) atoms. The zero-order valence-corrected chi connectivity index (χ0v) is 13.8. The third kappa shape index (κ3) is 5.03. The van der Waals surface area contributed by atoms with Crippen LogP contribution in [0.25, 0.3) is 0 Å². The monoisotopic (exact) mass is 318 g/mol. The molecule has 2 nitrogen and oxygen atoms in total. The Labute approximate surface area is 136 Å². The molecule has 2 N–H and O–H groups in total. The average Bonchev–Trinajstić information content (AvgIpc) is 2.43. The molecule has 4 heteroatoms. The Morgan fingerprint density at radius 3 is 2.62 bits per heavy atom. The van der Waals surface area contributed by atoms with Gasteiger partial charge in [0, 0.05) is 17.3 Å². The van der Waals surface area contributed by atoms with Gasteiger partial charge in [0.1, 0.15) is 0 Å². The van der Waals surface area contributed by atoms with Crippen molar-refractivity contribution in [1.29, 1.82) is 0 Å².